The number of benzene rings is 1. The van der Waals surface area contributed by atoms with Gasteiger partial charge in [-0.25, -0.2) is 4.39 Å². The molecule has 1 aromatic rings. The third-order valence-corrected chi connectivity index (χ3v) is 3.58. The molecule has 0 fully saturated rings. The van der Waals surface area contributed by atoms with Gasteiger partial charge < -0.3 is 5.32 Å². The van der Waals surface area contributed by atoms with Gasteiger partial charge in [0.2, 0.25) is 0 Å². The molecule has 0 radical (unpaired) electrons. The van der Waals surface area contributed by atoms with Crippen molar-refractivity contribution in [2.45, 2.75) is 46.3 Å². The van der Waals surface area contributed by atoms with Crippen LogP contribution in [0.1, 0.15) is 33.3 Å². The van der Waals surface area contributed by atoms with Crippen LogP contribution in [-0.4, -0.2) is 30.1 Å². The van der Waals surface area contributed by atoms with Crippen LogP contribution in [0.15, 0.2) is 22.7 Å². The zero-order valence-electron chi connectivity index (χ0n) is 12.2. The van der Waals surface area contributed by atoms with Crippen LogP contribution >= 0.6 is 15.9 Å². The van der Waals surface area contributed by atoms with Crippen LogP contribution in [0, 0.1) is 5.82 Å². The summed E-state index contributed by atoms with van der Waals surface area (Å²) in [5.41, 5.74) is 0.965. The minimum atomic E-state index is -0.197. The Hall–Kier alpha value is -0.450. The summed E-state index contributed by atoms with van der Waals surface area (Å²) in [4.78, 5) is 2.44. The van der Waals surface area contributed by atoms with Crippen LogP contribution in [0.2, 0.25) is 0 Å². The fourth-order valence-electron chi connectivity index (χ4n) is 2.27. The molecule has 19 heavy (non-hydrogen) atoms. The molecule has 0 bridgehead atoms. The van der Waals surface area contributed by atoms with Gasteiger partial charge in [0.25, 0.3) is 0 Å². The topological polar surface area (TPSA) is 15.3 Å². The Kier molecular flexibility index (Phi) is 6.97. The summed E-state index contributed by atoms with van der Waals surface area (Å²) in [6.07, 6.45) is 0. The second-order valence-electron chi connectivity index (χ2n) is 5.38. The van der Waals surface area contributed by atoms with E-state index in [0.717, 1.165) is 23.1 Å². The second kappa shape index (κ2) is 7.98. The number of hydrogen-bond acceptors (Lipinski definition) is 2. The Morgan fingerprint density at radius 2 is 1.79 bits per heavy atom. The first kappa shape index (κ1) is 16.6. The number of halogens is 2. The summed E-state index contributed by atoms with van der Waals surface area (Å²) in [5, 5.41) is 3.37. The van der Waals surface area contributed by atoms with E-state index in [2.05, 4.69) is 53.8 Å². The summed E-state index contributed by atoms with van der Waals surface area (Å²) in [5.74, 6) is -0.197. The van der Waals surface area contributed by atoms with E-state index in [1.54, 1.807) is 6.07 Å². The molecule has 0 saturated heterocycles. The fourth-order valence-corrected chi connectivity index (χ4v) is 2.78. The van der Waals surface area contributed by atoms with Gasteiger partial charge >= 0.3 is 0 Å². The predicted octanol–water partition coefficient (Wildman–Crippen LogP) is 3.80. The molecule has 0 unspecified atom stereocenters. The third kappa shape index (κ3) is 6.02. The van der Waals surface area contributed by atoms with Crippen molar-refractivity contribution in [3.63, 3.8) is 0 Å². The van der Waals surface area contributed by atoms with Crippen molar-refractivity contribution in [3.05, 3.63) is 34.1 Å². The highest BCUT2D eigenvalue weighted by Crippen LogP contribution is 2.14. The Labute approximate surface area is 124 Å². The molecule has 0 amide bonds. The normalized spacial score (nSPS) is 11.8. The van der Waals surface area contributed by atoms with Crippen molar-refractivity contribution in [2.24, 2.45) is 0 Å². The lowest BCUT2D eigenvalue weighted by molar-refractivity contribution is 0.176. The van der Waals surface area contributed by atoms with Crippen molar-refractivity contribution in [1.82, 2.24) is 10.2 Å². The van der Waals surface area contributed by atoms with Crippen LogP contribution in [0.4, 0.5) is 4.39 Å². The highest BCUT2D eigenvalue weighted by atomic mass is 79.9. The van der Waals surface area contributed by atoms with Gasteiger partial charge in [-0.05, 0) is 51.5 Å². The van der Waals surface area contributed by atoms with Gasteiger partial charge in [0.05, 0.1) is 0 Å². The monoisotopic (exact) mass is 330 g/mol. The van der Waals surface area contributed by atoms with E-state index in [-0.39, 0.29) is 5.82 Å². The van der Waals surface area contributed by atoms with E-state index in [9.17, 15) is 4.39 Å². The Balaban J connectivity index is 2.38. The van der Waals surface area contributed by atoms with Crippen molar-refractivity contribution >= 4 is 15.9 Å². The van der Waals surface area contributed by atoms with Crippen LogP contribution < -0.4 is 5.32 Å². The first-order chi connectivity index (χ1) is 8.90. The molecule has 1 N–H and O–H groups in total. The maximum absolute atomic E-state index is 13.2. The Morgan fingerprint density at radius 3 is 2.32 bits per heavy atom. The molecule has 4 heteroatoms. The minimum Gasteiger partial charge on any atom is -0.311 e. The summed E-state index contributed by atoms with van der Waals surface area (Å²) in [6, 6.07) is 6.08. The molecular weight excluding hydrogens is 307 g/mol. The Bertz CT molecular complexity index is 365. The van der Waals surface area contributed by atoms with Crippen LogP contribution in [-0.2, 0) is 6.54 Å². The van der Waals surface area contributed by atoms with E-state index >= 15 is 0 Å². The lowest BCUT2D eigenvalue weighted by atomic mass is 10.2. The van der Waals surface area contributed by atoms with Gasteiger partial charge in [0.1, 0.15) is 5.82 Å². The number of rotatable bonds is 7. The van der Waals surface area contributed by atoms with Gasteiger partial charge in [-0.3, -0.25) is 4.90 Å². The SMILES string of the molecule is CC(C)N(CCNCc1cc(F)cc(Br)c1)C(C)C. The quantitative estimate of drug-likeness (QED) is 0.765. The molecule has 0 heterocycles. The summed E-state index contributed by atoms with van der Waals surface area (Å²) >= 11 is 3.31. The number of hydrogen-bond donors (Lipinski definition) is 1. The van der Waals surface area contributed by atoms with E-state index in [0.29, 0.717) is 18.6 Å². The van der Waals surface area contributed by atoms with E-state index in [1.165, 1.54) is 6.07 Å². The Morgan fingerprint density at radius 1 is 1.16 bits per heavy atom. The maximum Gasteiger partial charge on any atom is 0.124 e. The van der Waals surface area contributed by atoms with Gasteiger partial charge in [0, 0.05) is 36.2 Å². The molecule has 2 nitrogen and oxygen atoms in total. The van der Waals surface area contributed by atoms with Crippen LogP contribution in [0.5, 0.6) is 0 Å². The van der Waals surface area contributed by atoms with Gasteiger partial charge in [-0.2, -0.15) is 0 Å². The lowest BCUT2D eigenvalue weighted by Gasteiger charge is -2.30. The minimum absolute atomic E-state index is 0.197. The highest BCUT2D eigenvalue weighted by Gasteiger charge is 2.12. The van der Waals surface area contributed by atoms with Gasteiger partial charge in [-0.1, -0.05) is 15.9 Å². The number of nitrogens with zero attached hydrogens (tertiary/aromatic N) is 1. The second-order valence-corrected chi connectivity index (χ2v) is 6.30. The van der Waals surface area contributed by atoms with E-state index in [1.807, 2.05) is 6.07 Å². The molecule has 0 aliphatic heterocycles. The molecule has 0 spiro atoms. The summed E-state index contributed by atoms with van der Waals surface area (Å²) in [7, 11) is 0. The molecule has 1 aromatic carbocycles. The first-order valence-corrected chi connectivity index (χ1v) is 7.61. The molecule has 0 aliphatic rings. The molecule has 1 rings (SSSR count). The van der Waals surface area contributed by atoms with Gasteiger partial charge in [-0.15, -0.1) is 0 Å². The van der Waals surface area contributed by atoms with Crippen molar-refractivity contribution in [1.29, 1.82) is 0 Å². The zero-order valence-corrected chi connectivity index (χ0v) is 13.8. The van der Waals surface area contributed by atoms with Crippen molar-refractivity contribution in [3.8, 4) is 0 Å². The number of nitrogens with one attached hydrogen (secondary N) is 1. The fraction of sp³-hybridized carbons (Fsp3) is 0.600. The molecule has 0 aliphatic carbocycles. The van der Waals surface area contributed by atoms with Crippen molar-refractivity contribution < 1.29 is 4.39 Å². The molecule has 0 atom stereocenters. The molecular formula is C15H24BrFN2. The first-order valence-electron chi connectivity index (χ1n) is 6.81. The maximum atomic E-state index is 13.2. The van der Waals surface area contributed by atoms with Crippen LogP contribution in [0.25, 0.3) is 0 Å². The molecule has 0 aromatic heterocycles. The molecule has 108 valence electrons. The largest absolute Gasteiger partial charge is 0.311 e. The predicted molar refractivity (Wildman–Crippen MR) is 82.8 cm³/mol. The zero-order chi connectivity index (χ0) is 14.4. The van der Waals surface area contributed by atoms with E-state index < -0.39 is 0 Å². The molecule has 0 saturated carbocycles. The third-order valence-electron chi connectivity index (χ3n) is 3.12. The highest BCUT2D eigenvalue weighted by molar-refractivity contribution is 9.10. The van der Waals surface area contributed by atoms with Crippen molar-refractivity contribution in [2.75, 3.05) is 13.1 Å². The van der Waals surface area contributed by atoms with Crippen LogP contribution in [0.3, 0.4) is 0 Å². The standard InChI is InChI=1S/C15H24BrFN2/c1-11(2)19(12(3)4)6-5-18-10-13-7-14(16)9-15(17)8-13/h7-9,11-12,18H,5-6,10H2,1-4H3. The van der Waals surface area contributed by atoms with E-state index in [4.69, 9.17) is 0 Å². The summed E-state index contributed by atoms with van der Waals surface area (Å²) in [6.45, 7) is 11.5. The summed E-state index contributed by atoms with van der Waals surface area (Å²) < 4.78 is 14.0. The van der Waals surface area contributed by atoms with Gasteiger partial charge in [0.15, 0.2) is 0 Å². The lowest BCUT2D eigenvalue weighted by Crippen LogP contribution is -2.41. The smallest absolute Gasteiger partial charge is 0.124 e. The average Bonchev–Trinajstić information content (AvgIpc) is 2.26. The average molecular weight is 331 g/mol.